The van der Waals surface area contributed by atoms with Gasteiger partial charge in [-0.3, -0.25) is 0 Å². The molecule has 0 bridgehead atoms. The number of fused-ring (bicyclic) bond motifs is 2. The molecular formula is C19H27N5O3. The van der Waals surface area contributed by atoms with Gasteiger partial charge in [-0.25, -0.2) is 0 Å². The van der Waals surface area contributed by atoms with E-state index in [0.717, 1.165) is 50.2 Å². The molecule has 4 heterocycles. The Morgan fingerprint density at radius 1 is 1.11 bits per heavy atom. The van der Waals surface area contributed by atoms with Gasteiger partial charge in [0, 0.05) is 12.5 Å². The highest BCUT2D eigenvalue weighted by Gasteiger charge is 2.34. The first-order valence-electron chi connectivity index (χ1n) is 10.0. The molecule has 2 aromatic heterocycles. The second kappa shape index (κ2) is 7.09. The van der Waals surface area contributed by atoms with Gasteiger partial charge in [0.2, 0.25) is 0 Å². The average Bonchev–Trinajstić information content (AvgIpc) is 3.23. The van der Waals surface area contributed by atoms with Gasteiger partial charge in [-0.05, 0) is 56.8 Å². The van der Waals surface area contributed by atoms with Crippen LogP contribution in [0.5, 0.6) is 0 Å². The fraction of sp³-hybridized carbons (Fsp3) is 0.737. The van der Waals surface area contributed by atoms with E-state index in [2.05, 4.69) is 21.2 Å². The fourth-order valence-electron chi connectivity index (χ4n) is 4.59. The number of hydrogen-bond donors (Lipinski definition) is 1. The molecule has 2 aromatic rings. The van der Waals surface area contributed by atoms with Crippen molar-refractivity contribution in [2.75, 3.05) is 46.1 Å². The maximum Gasteiger partial charge on any atom is 0.178 e. The Hall–Kier alpha value is -1.61. The van der Waals surface area contributed by atoms with Gasteiger partial charge < -0.3 is 19.5 Å². The molecule has 146 valence electrons. The van der Waals surface area contributed by atoms with Gasteiger partial charge in [-0.2, -0.15) is 9.61 Å². The predicted octanol–water partition coefficient (Wildman–Crippen LogP) is 0.570. The number of piperidine rings is 1. The molecule has 8 nitrogen and oxygen atoms in total. The first-order chi connectivity index (χ1) is 13.2. The second-order valence-corrected chi connectivity index (χ2v) is 8.18. The zero-order valence-electron chi connectivity index (χ0n) is 15.6. The van der Waals surface area contributed by atoms with E-state index in [1.54, 1.807) is 0 Å². The lowest BCUT2D eigenvalue weighted by Gasteiger charge is -2.36. The number of ether oxygens (including phenoxy) is 2. The molecule has 0 spiro atoms. The molecule has 1 N–H and O–H groups in total. The monoisotopic (exact) mass is 373 g/mol. The van der Waals surface area contributed by atoms with Gasteiger partial charge in [-0.15, -0.1) is 10.2 Å². The summed E-state index contributed by atoms with van der Waals surface area (Å²) < 4.78 is 12.9. The van der Waals surface area contributed by atoms with E-state index in [1.807, 2.05) is 4.52 Å². The van der Waals surface area contributed by atoms with E-state index in [-0.39, 0.29) is 0 Å². The standard InChI is InChI=1S/C19H27N5O3/c25-19(12-26-8-9-27-13-19)11-23-6-4-14(5-7-23)18-21-20-17-10-15-2-1-3-16(15)22-24(17)18/h10,14,25H,1-9,11-13H2. The van der Waals surface area contributed by atoms with E-state index in [9.17, 15) is 5.11 Å². The van der Waals surface area contributed by atoms with E-state index in [4.69, 9.17) is 14.6 Å². The van der Waals surface area contributed by atoms with Crippen molar-refractivity contribution in [2.24, 2.45) is 0 Å². The van der Waals surface area contributed by atoms with Crippen LogP contribution in [-0.2, 0) is 22.3 Å². The van der Waals surface area contributed by atoms with Crippen molar-refractivity contribution < 1.29 is 14.6 Å². The lowest BCUT2D eigenvalue weighted by atomic mass is 9.94. The molecule has 2 saturated heterocycles. The Morgan fingerprint density at radius 3 is 2.67 bits per heavy atom. The predicted molar refractivity (Wildman–Crippen MR) is 97.8 cm³/mol. The van der Waals surface area contributed by atoms with Crippen molar-refractivity contribution in [3.63, 3.8) is 0 Å². The molecule has 0 aromatic carbocycles. The zero-order valence-corrected chi connectivity index (χ0v) is 15.6. The molecule has 27 heavy (non-hydrogen) atoms. The number of β-amino-alcohol motifs (C(OH)–C–C–N with tert-alkyl or cyclic N) is 1. The molecule has 0 amide bonds. The summed E-state index contributed by atoms with van der Waals surface area (Å²) in [6.07, 6.45) is 5.35. The van der Waals surface area contributed by atoms with Crippen molar-refractivity contribution >= 4 is 5.65 Å². The van der Waals surface area contributed by atoms with Crippen LogP contribution in [0.3, 0.4) is 0 Å². The molecule has 5 rings (SSSR count). The van der Waals surface area contributed by atoms with Crippen LogP contribution in [0, 0.1) is 0 Å². The summed E-state index contributed by atoms with van der Waals surface area (Å²) in [4.78, 5) is 2.31. The van der Waals surface area contributed by atoms with Crippen LogP contribution in [0.2, 0.25) is 0 Å². The van der Waals surface area contributed by atoms with Crippen molar-refractivity contribution in [1.29, 1.82) is 0 Å². The Labute approximate surface area is 158 Å². The Kier molecular flexibility index (Phi) is 4.59. The maximum atomic E-state index is 10.8. The fourth-order valence-corrected chi connectivity index (χ4v) is 4.59. The summed E-state index contributed by atoms with van der Waals surface area (Å²) >= 11 is 0. The van der Waals surface area contributed by atoms with E-state index in [1.165, 1.54) is 17.7 Å². The molecule has 2 aliphatic heterocycles. The molecule has 1 aliphatic carbocycles. The highest BCUT2D eigenvalue weighted by atomic mass is 16.6. The quantitative estimate of drug-likeness (QED) is 0.842. The van der Waals surface area contributed by atoms with Gasteiger partial charge in [0.1, 0.15) is 5.60 Å². The van der Waals surface area contributed by atoms with Crippen LogP contribution < -0.4 is 0 Å². The van der Waals surface area contributed by atoms with Gasteiger partial charge in [0.25, 0.3) is 0 Å². The third-order valence-electron chi connectivity index (χ3n) is 6.03. The number of aliphatic hydroxyl groups is 1. The van der Waals surface area contributed by atoms with Crippen LogP contribution in [-0.4, -0.2) is 81.5 Å². The number of rotatable bonds is 3. The van der Waals surface area contributed by atoms with E-state index >= 15 is 0 Å². The van der Waals surface area contributed by atoms with Crippen molar-refractivity contribution in [2.45, 2.75) is 43.6 Å². The summed E-state index contributed by atoms with van der Waals surface area (Å²) in [5, 5.41) is 24.4. The van der Waals surface area contributed by atoms with Crippen LogP contribution >= 0.6 is 0 Å². The van der Waals surface area contributed by atoms with Gasteiger partial charge in [-0.1, -0.05) is 0 Å². The van der Waals surface area contributed by atoms with Crippen molar-refractivity contribution in [3.05, 3.63) is 23.1 Å². The topological polar surface area (TPSA) is 85.0 Å². The molecule has 3 aliphatic rings. The minimum Gasteiger partial charge on any atom is -0.384 e. The lowest BCUT2D eigenvalue weighted by Crippen LogP contribution is -2.50. The Morgan fingerprint density at radius 2 is 1.89 bits per heavy atom. The smallest absolute Gasteiger partial charge is 0.178 e. The zero-order chi connectivity index (χ0) is 18.3. The largest absolute Gasteiger partial charge is 0.384 e. The SMILES string of the molecule is OC1(CN2CCC(c3nnc4cc5c(nn34)CCC5)CC2)COCCOC1. The number of aromatic nitrogens is 4. The summed E-state index contributed by atoms with van der Waals surface area (Å²) in [6, 6.07) is 2.16. The summed E-state index contributed by atoms with van der Waals surface area (Å²) in [5.74, 6) is 1.35. The lowest BCUT2D eigenvalue weighted by molar-refractivity contribution is -0.0768. The maximum absolute atomic E-state index is 10.8. The van der Waals surface area contributed by atoms with Crippen molar-refractivity contribution in [3.8, 4) is 0 Å². The average molecular weight is 373 g/mol. The molecule has 2 fully saturated rings. The molecule has 8 heteroatoms. The molecule has 0 unspecified atom stereocenters. The summed E-state index contributed by atoms with van der Waals surface area (Å²) in [5.41, 5.74) is 2.50. The second-order valence-electron chi connectivity index (χ2n) is 8.18. The van der Waals surface area contributed by atoms with Gasteiger partial charge in [0.05, 0.1) is 32.1 Å². The molecule has 0 saturated carbocycles. The third kappa shape index (κ3) is 3.47. The van der Waals surface area contributed by atoms with E-state index < -0.39 is 5.60 Å². The van der Waals surface area contributed by atoms with Crippen LogP contribution in [0.25, 0.3) is 5.65 Å². The normalized spacial score (nSPS) is 24.2. The number of likely N-dealkylation sites (tertiary alicyclic amines) is 1. The highest BCUT2D eigenvalue weighted by molar-refractivity contribution is 5.43. The molecule has 0 atom stereocenters. The first-order valence-corrected chi connectivity index (χ1v) is 10.0. The summed E-state index contributed by atoms with van der Waals surface area (Å²) in [6.45, 7) is 4.24. The number of aryl methyl sites for hydroxylation is 2. The van der Waals surface area contributed by atoms with Crippen LogP contribution in [0.1, 0.15) is 42.3 Å². The van der Waals surface area contributed by atoms with Crippen molar-refractivity contribution in [1.82, 2.24) is 24.7 Å². The van der Waals surface area contributed by atoms with E-state index in [0.29, 0.717) is 38.9 Å². The van der Waals surface area contributed by atoms with Crippen LogP contribution in [0.15, 0.2) is 6.07 Å². The third-order valence-corrected chi connectivity index (χ3v) is 6.03. The minimum atomic E-state index is -0.910. The molecular weight excluding hydrogens is 346 g/mol. The number of hydrogen-bond acceptors (Lipinski definition) is 7. The van der Waals surface area contributed by atoms with Crippen LogP contribution in [0.4, 0.5) is 0 Å². The first kappa shape index (κ1) is 17.5. The Balaban J connectivity index is 1.26. The van der Waals surface area contributed by atoms with Gasteiger partial charge >= 0.3 is 0 Å². The highest BCUT2D eigenvalue weighted by Crippen LogP contribution is 2.29. The molecule has 0 radical (unpaired) electrons. The summed E-state index contributed by atoms with van der Waals surface area (Å²) in [7, 11) is 0. The minimum absolute atomic E-state index is 0.344. The Bertz CT molecular complexity index is 807. The number of nitrogens with zero attached hydrogens (tertiary/aromatic N) is 5. The van der Waals surface area contributed by atoms with Gasteiger partial charge in [0.15, 0.2) is 11.5 Å².